The van der Waals surface area contributed by atoms with Gasteiger partial charge in [-0.2, -0.15) is 0 Å². The number of nitrogens with zero attached hydrogens (tertiary/aromatic N) is 1. The van der Waals surface area contributed by atoms with Crippen molar-refractivity contribution in [3.63, 3.8) is 0 Å². The molecule has 0 fully saturated rings. The number of aliphatic hydroxyl groups is 1. The van der Waals surface area contributed by atoms with Gasteiger partial charge in [-0.25, -0.2) is 5.01 Å². The van der Waals surface area contributed by atoms with Gasteiger partial charge in [0, 0.05) is 26.1 Å². The quantitative estimate of drug-likeness (QED) is 0.291. The van der Waals surface area contributed by atoms with Crippen LogP contribution in [0.1, 0.15) is 25.8 Å². The number of benzene rings is 2. The zero-order valence-electron chi connectivity index (χ0n) is 20.0. The molecule has 9 nitrogen and oxygen atoms in total. The maximum Gasteiger partial charge on any atom is 0.258 e. The highest BCUT2D eigenvalue weighted by Crippen LogP contribution is 2.23. The predicted octanol–water partition coefficient (Wildman–Crippen LogP) is 1.69. The zero-order valence-corrected chi connectivity index (χ0v) is 20.8. The van der Waals surface area contributed by atoms with E-state index in [4.69, 9.17) is 16.3 Å². The van der Waals surface area contributed by atoms with E-state index in [1.807, 2.05) is 37.3 Å². The van der Waals surface area contributed by atoms with Crippen molar-refractivity contribution < 1.29 is 24.2 Å². The van der Waals surface area contributed by atoms with Gasteiger partial charge in [-0.05, 0) is 17.7 Å². The first-order valence-electron chi connectivity index (χ1n) is 11.5. The molecule has 0 bridgehead atoms. The van der Waals surface area contributed by atoms with Crippen LogP contribution in [0.15, 0.2) is 54.6 Å². The molecular formula is C25H33ClN4O5. The standard InChI is InChI=1S/C25H33ClN4O5/c1-3-23(32)28-21(15-27-24(33)14-18-10-6-5-7-11-18)25(34)29-30(4-2)16-19(31)17-35-22-13-9-8-12-20(22)26/h5-13,19,21,31H,3-4,14-17H2,1-2H3,(H,27,33)(H,28,32)(H,29,34). The molecule has 2 aromatic rings. The van der Waals surface area contributed by atoms with E-state index in [1.165, 1.54) is 5.01 Å². The fraction of sp³-hybridized carbons (Fsp3) is 0.400. The molecule has 0 radical (unpaired) electrons. The maximum absolute atomic E-state index is 12.9. The molecule has 0 aromatic heterocycles. The molecule has 0 aliphatic heterocycles. The Hall–Kier alpha value is -3.14. The number of hydrazine groups is 1. The van der Waals surface area contributed by atoms with Crippen molar-refractivity contribution in [3.05, 3.63) is 65.2 Å². The normalized spacial score (nSPS) is 12.5. The summed E-state index contributed by atoms with van der Waals surface area (Å²) in [5, 5.41) is 17.6. The Morgan fingerprint density at radius 3 is 2.37 bits per heavy atom. The lowest BCUT2D eigenvalue weighted by Crippen LogP contribution is -2.57. The van der Waals surface area contributed by atoms with Crippen molar-refractivity contribution in [2.45, 2.75) is 38.8 Å². The summed E-state index contributed by atoms with van der Waals surface area (Å²) in [4.78, 5) is 37.2. The van der Waals surface area contributed by atoms with Crippen LogP contribution < -0.4 is 20.8 Å². The third-order valence-corrected chi connectivity index (χ3v) is 5.34. The van der Waals surface area contributed by atoms with Crippen molar-refractivity contribution in [2.24, 2.45) is 0 Å². The maximum atomic E-state index is 12.9. The monoisotopic (exact) mass is 504 g/mol. The summed E-state index contributed by atoms with van der Waals surface area (Å²) < 4.78 is 5.55. The van der Waals surface area contributed by atoms with Gasteiger partial charge in [0.1, 0.15) is 24.5 Å². The number of para-hydroxylation sites is 1. The summed E-state index contributed by atoms with van der Waals surface area (Å²) in [5.41, 5.74) is 3.54. The lowest BCUT2D eigenvalue weighted by Gasteiger charge is -2.27. The second-order valence-corrected chi connectivity index (χ2v) is 8.26. The highest BCUT2D eigenvalue weighted by molar-refractivity contribution is 6.32. The molecule has 0 spiro atoms. The Morgan fingerprint density at radius 1 is 1.03 bits per heavy atom. The Kier molecular flexibility index (Phi) is 12.0. The number of rotatable bonds is 14. The first-order valence-corrected chi connectivity index (χ1v) is 11.9. The number of hydrogen-bond acceptors (Lipinski definition) is 6. The summed E-state index contributed by atoms with van der Waals surface area (Å²) in [6.07, 6.45) is -0.562. The van der Waals surface area contributed by atoms with Crippen LogP contribution in [0.4, 0.5) is 0 Å². The number of amides is 3. The zero-order chi connectivity index (χ0) is 25.6. The van der Waals surface area contributed by atoms with Crippen LogP contribution in [0.25, 0.3) is 0 Å². The first-order chi connectivity index (χ1) is 16.8. The third-order valence-electron chi connectivity index (χ3n) is 5.03. The first kappa shape index (κ1) is 28.1. The number of nitrogens with one attached hydrogen (secondary N) is 3. The van der Waals surface area contributed by atoms with Crippen LogP contribution in [0.5, 0.6) is 5.75 Å². The van der Waals surface area contributed by atoms with Crippen LogP contribution in [-0.2, 0) is 20.8 Å². The Balaban J connectivity index is 1.89. The van der Waals surface area contributed by atoms with Gasteiger partial charge in [-0.1, -0.05) is 67.9 Å². The van der Waals surface area contributed by atoms with E-state index < -0.39 is 18.1 Å². The van der Waals surface area contributed by atoms with Crippen molar-refractivity contribution in [2.75, 3.05) is 26.2 Å². The average Bonchev–Trinajstić information content (AvgIpc) is 2.85. The molecule has 35 heavy (non-hydrogen) atoms. The number of aliphatic hydroxyl groups excluding tert-OH is 1. The lowest BCUT2D eigenvalue weighted by molar-refractivity contribution is -0.133. The topological polar surface area (TPSA) is 120 Å². The fourth-order valence-electron chi connectivity index (χ4n) is 3.11. The van der Waals surface area contributed by atoms with E-state index in [0.29, 0.717) is 17.3 Å². The fourth-order valence-corrected chi connectivity index (χ4v) is 3.30. The van der Waals surface area contributed by atoms with Crippen LogP contribution in [0.3, 0.4) is 0 Å². The van der Waals surface area contributed by atoms with Crippen LogP contribution >= 0.6 is 11.6 Å². The van der Waals surface area contributed by atoms with Gasteiger partial charge in [0.2, 0.25) is 11.8 Å². The average molecular weight is 505 g/mol. The lowest BCUT2D eigenvalue weighted by atomic mass is 10.1. The van der Waals surface area contributed by atoms with E-state index in [-0.39, 0.29) is 44.4 Å². The Bertz CT molecular complexity index is 960. The number of halogens is 1. The highest BCUT2D eigenvalue weighted by atomic mass is 35.5. The second kappa shape index (κ2) is 15.0. The molecule has 4 N–H and O–H groups in total. The third kappa shape index (κ3) is 10.3. The number of hydrogen-bond donors (Lipinski definition) is 4. The van der Waals surface area contributed by atoms with Gasteiger partial charge in [-0.3, -0.25) is 19.8 Å². The van der Waals surface area contributed by atoms with Crippen LogP contribution in [0.2, 0.25) is 5.02 Å². The summed E-state index contributed by atoms with van der Waals surface area (Å²) >= 11 is 6.06. The molecule has 0 saturated carbocycles. The molecule has 0 saturated heterocycles. The van der Waals surface area contributed by atoms with Crippen LogP contribution in [-0.4, -0.2) is 66.2 Å². The Labute approximate surface area is 210 Å². The number of carbonyl (C=O) groups excluding carboxylic acids is 3. The van der Waals surface area contributed by atoms with Gasteiger partial charge in [0.05, 0.1) is 11.4 Å². The van der Waals surface area contributed by atoms with Gasteiger partial charge >= 0.3 is 0 Å². The van der Waals surface area contributed by atoms with Crippen molar-refractivity contribution in [3.8, 4) is 5.75 Å². The van der Waals surface area contributed by atoms with E-state index >= 15 is 0 Å². The minimum Gasteiger partial charge on any atom is -0.489 e. The molecule has 2 atom stereocenters. The highest BCUT2D eigenvalue weighted by Gasteiger charge is 2.23. The molecule has 3 amide bonds. The molecular weight excluding hydrogens is 472 g/mol. The molecule has 2 rings (SSSR count). The van der Waals surface area contributed by atoms with E-state index in [0.717, 1.165) is 5.56 Å². The van der Waals surface area contributed by atoms with Gasteiger partial charge in [0.25, 0.3) is 5.91 Å². The number of carbonyl (C=O) groups is 3. The smallest absolute Gasteiger partial charge is 0.258 e. The molecule has 190 valence electrons. The van der Waals surface area contributed by atoms with Gasteiger partial charge in [0.15, 0.2) is 0 Å². The van der Waals surface area contributed by atoms with Crippen molar-refractivity contribution in [1.29, 1.82) is 0 Å². The van der Waals surface area contributed by atoms with Gasteiger partial charge in [-0.15, -0.1) is 0 Å². The SMILES string of the molecule is CCC(=O)NC(CNC(=O)Cc1ccccc1)C(=O)NN(CC)CC(O)COc1ccccc1Cl. The minimum absolute atomic E-state index is 0.0261. The minimum atomic E-state index is -0.979. The number of likely N-dealkylation sites (N-methyl/N-ethyl adjacent to an activating group) is 1. The Morgan fingerprint density at radius 2 is 1.71 bits per heavy atom. The van der Waals surface area contributed by atoms with Crippen LogP contribution in [0, 0.1) is 0 Å². The summed E-state index contributed by atoms with van der Waals surface area (Å²) in [6, 6.07) is 15.2. The molecule has 10 heteroatoms. The van der Waals surface area contributed by atoms with E-state index in [1.54, 1.807) is 31.2 Å². The molecule has 0 aliphatic rings. The predicted molar refractivity (Wildman–Crippen MR) is 134 cm³/mol. The van der Waals surface area contributed by atoms with Gasteiger partial charge < -0.3 is 20.5 Å². The molecule has 2 aromatic carbocycles. The summed E-state index contributed by atoms with van der Waals surface area (Å²) in [6.45, 7) is 3.86. The largest absolute Gasteiger partial charge is 0.489 e. The van der Waals surface area contributed by atoms with E-state index in [9.17, 15) is 19.5 Å². The van der Waals surface area contributed by atoms with Crippen molar-refractivity contribution in [1.82, 2.24) is 21.1 Å². The van der Waals surface area contributed by atoms with Crippen molar-refractivity contribution >= 4 is 29.3 Å². The van der Waals surface area contributed by atoms with E-state index in [2.05, 4.69) is 16.1 Å². The molecule has 2 unspecified atom stereocenters. The molecule has 0 aliphatic carbocycles. The molecule has 0 heterocycles. The second-order valence-electron chi connectivity index (χ2n) is 7.85. The summed E-state index contributed by atoms with van der Waals surface area (Å²) in [7, 11) is 0. The summed E-state index contributed by atoms with van der Waals surface area (Å²) in [5.74, 6) is -0.639. The number of ether oxygens (including phenoxy) is 1.